The summed E-state index contributed by atoms with van der Waals surface area (Å²) < 4.78 is 37.4. The summed E-state index contributed by atoms with van der Waals surface area (Å²) in [6.07, 6.45) is -0.835. The molecule has 1 aromatic heterocycles. The average Bonchev–Trinajstić information content (AvgIpc) is 2.78. The fraction of sp³-hybridized carbons (Fsp3) is 0.174. The van der Waals surface area contributed by atoms with Gasteiger partial charge in [0.1, 0.15) is 12.7 Å². The lowest BCUT2D eigenvalue weighted by Crippen LogP contribution is -2.28. The molecule has 166 valence electrons. The van der Waals surface area contributed by atoms with Crippen LogP contribution in [0.1, 0.15) is 24.6 Å². The van der Waals surface area contributed by atoms with E-state index in [1.165, 1.54) is 13.0 Å². The zero-order valence-corrected chi connectivity index (χ0v) is 17.2. The molecule has 0 aliphatic heterocycles. The number of nitrogens with zero attached hydrogens (tertiary/aromatic N) is 2. The van der Waals surface area contributed by atoms with E-state index in [1.807, 2.05) is 60.7 Å². The molecule has 0 spiro atoms. The van der Waals surface area contributed by atoms with E-state index >= 15 is 0 Å². The number of aliphatic imine (C=N–C) groups is 1. The summed E-state index contributed by atoms with van der Waals surface area (Å²) >= 11 is 0. The lowest BCUT2D eigenvalue weighted by Gasteiger charge is -2.15. The highest BCUT2D eigenvalue weighted by atomic mass is 19.3. The van der Waals surface area contributed by atoms with Gasteiger partial charge in [-0.15, -0.1) is 0 Å². The number of aromatic nitrogens is 1. The Kier molecular flexibility index (Phi) is 7.33. The van der Waals surface area contributed by atoms with Gasteiger partial charge in [-0.3, -0.25) is 9.36 Å². The normalized spacial score (nSPS) is 11.6. The van der Waals surface area contributed by atoms with Crippen LogP contribution in [0.15, 0.2) is 82.7 Å². The summed E-state index contributed by atoms with van der Waals surface area (Å²) in [6.45, 7) is -1.86. The molecular weight excluding hydrogens is 420 g/mol. The summed E-state index contributed by atoms with van der Waals surface area (Å²) in [7, 11) is 0. The number of halogens is 2. The molecule has 0 aliphatic rings. The number of benzene rings is 2. The highest BCUT2D eigenvalue weighted by Crippen LogP contribution is 2.23. The van der Waals surface area contributed by atoms with E-state index in [1.54, 1.807) is 0 Å². The van der Waals surface area contributed by atoms with Gasteiger partial charge in [0, 0.05) is 23.4 Å². The van der Waals surface area contributed by atoms with E-state index in [9.17, 15) is 18.4 Å². The molecule has 2 aromatic carbocycles. The molecule has 0 unspecified atom stereocenters. The zero-order chi connectivity index (χ0) is 23.1. The predicted molar refractivity (Wildman–Crippen MR) is 116 cm³/mol. The van der Waals surface area contributed by atoms with Crippen molar-refractivity contribution < 1.29 is 23.0 Å². The standard InChI is InChI=1S/C23H21F2N3O4/c1-15(32-23(26)30)14-31-19-12-18(13-28(21(19)29)22(24)25)27-20(16-8-4-2-5-9-16)17-10-6-3-7-11-17/h2-13,15,22H,14H2,1H3,(H2,26,30)/t15-/m1/s1. The quantitative estimate of drug-likeness (QED) is 0.528. The molecule has 1 heterocycles. The lowest BCUT2D eigenvalue weighted by molar-refractivity contribution is 0.0626. The minimum Gasteiger partial charge on any atom is -0.484 e. The van der Waals surface area contributed by atoms with Crippen LogP contribution in [0.4, 0.5) is 19.3 Å². The Labute approximate surface area is 182 Å². The van der Waals surface area contributed by atoms with Crippen LogP contribution in [-0.2, 0) is 4.74 Å². The Hall–Kier alpha value is -4.01. The molecule has 0 saturated carbocycles. The third-order valence-electron chi connectivity index (χ3n) is 4.33. The van der Waals surface area contributed by atoms with Crippen molar-refractivity contribution in [2.24, 2.45) is 10.7 Å². The highest BCUT2D eigenvalue weighted by Gasteiger charge is 2.17. The van der Waals surface area contributed by atoms with Crippen LogP contribution in [0.3, 0.4) is 0 Å². The zero-order valence-electron chi connectivity index (χ0n) is 17.2. The third-order valence-corrected chi connectivity index (χ3v) is 4.33. The van der Waals surface area contributed by atoms with E-state index in [0.29, 0.717) is 5.71 Å². The fourth-order valence-corrected chi connectivity index (χ4v) is 2.93. The largest absolute Gasteiger partial charge is 0.484 e. The maximum atomic E-state index is 13.5. The first kappa shape index (κ1) is 22.7. The van der Waals surface area contributed by atoms with E-state index < -0.39 is 24.3 Å². The average molecular weight is 441 g/mol. The van der Waals surface area contributed by atoms with E-state index in [0.717, 1.165) is 17.3 Å². The van der Waals surface area contributed by atoms with Crippen LogP contribution in [0.25, 0.3) is 0 Å². The SMILES string of the molecule is C[C@H](COc1cc(N=C(c2ccccc2)c2ccccc2)cn(C(F)F)c1=O)OC(N)=O. The molecule has 0 aliphatic carbocycles. The molecule has 32 heavy (non-hydrogen) atoms. The van der Waals surface area contributed by atoms with Gasteiger partial charge >= 0.3 is 12.6 Å². The Bertz CT molecular complexity index is 1110. The molecule has 3 aromatic rings. The molecule has 2 N–H and O–H groups in total. The second-order valence-electron chi connectivity index (χ2n) is 6.80. The van der Waals surface area contributed by atoms with Crippen LogP contribution in [0.2, 0.25) is 0 Å². The molecule has 0 bridgehead atoms. The van der Waals surface area contributed by atoms with Gasteiger partial charge in [0.25, 0.3) is 5.56 Å². The number of amides is 1. The molecular formula is C23H21F2N3O4. The van der Waals surface area contributed by atoms with Crippen LogP contribution >= 0.6 is 0 Å². The highest BCUT2D eigenvalue weighted by molar-refractivity contribution is 6.13. The molecule has 0 fully saturated rings. The molecule has 9 heteroatoms. The van der Waals surface area contributed by atoms with Crippen LogP contribution in [0.5, 0.6) is 5.75 Å². The van der Waals surface area contributed by atoms with Crippen molar-refractivity contribution in [1.82, 2.24) is 4.57 Å². The fourth-order valence-electron chi connectivity index (χ4n) is 2.93. The second-order valence-corrected chi connectivity index (χ2v) is 6.80. The number of alkyl halides is 2. The first-order chi connectivity index (χ1) is 15.3. The summed E-state index contributed by atoms with van der Waals surface area (Å²) in [5.41, 5.74) is 6.06. The maximum absolute atomic E-state index is 13.5. The predicted octanol–water partition coefficient (Wildman–Crippen LogP) is 4.28. The monoisotopic (exact) mass is 441 g/mol. The number of hydrogen-bond acceptors (Lipinski definition) is 5. The van der Waals surface area contributed by atoms with E-state index in [2.05, 4.69) is 4.99 Å². The number of carbonyl (C=O) groups excluding carboxylic acids is 1. The molecule has 3 rings (SSSR count). The van der Waals surface area contributed by atoms with Gasteiger partial charge < -0.3 is 15.2 Å². The summed E-state index contributed by atoms with van der Waals surface area (Å²) in [5.74, 6) is -0.355. The number of primary amides is 1. The molecule has 0 saturated heterocycles. The van der Waals surface area contributed by atoms with Gasteiger partial charge in [0.05, 0.1) is 11.4 Å². The number of pyridine rings is 1. The van der Waals surface area contributed by atoms with Gasteiger partial charge in [-0.1, -0.05) is 60.7 Å². The van der Waals surface area contributed by atoms with Crippen molar-refractivity contribution in [3.05, 3.63) is 94.4 Å². The maximum Gasteiger partial charge on any atom is 0.404 e. The number of ether oxygens (including phenoxy) is 2. The number of hydrogen-bond donors (Lipinski definition) is 1. The van der Waals surface area contributed by atoms with Gasteiger partial charge in [0.15, 0.2) is 5.75 Å². The van der Waals surface area contributed by atoms with Crippen LogP contribution in [-0.4, -0.2) is 29.1 Å². The van der Waals surface area contributed by atoms with Crippen molar-refractivity contribution >= 4 is 17.5 Å². The minimum atomic E-state index is -3.10. The van der Waals surface area contributed by atoms with Crippen molar-refractivity contribution in [2.45, 2.75) is 19.6 Å². The van der Waals surface area contributed by atoms with Crippen LogP contribution in [0, 0.1) is 0 Å². The van der Waals surface area contributed by atoms with Gasteiger partial charge in [0.2, 0.25) is 0 Å². The van der Waals surface area contributed by atoms with Gasteiger partial charge in [-0.2, -0.15) is 8.78 Å². The minimum absolute atomic E-state index is 0.0890. The summed E-state index contributed by atoms with van der Waals surface area (Å²) in [5, 5.41) is 0. The van der Waals surface area contributed by atoms with Crippen molar-refractivity contribution in [3.63, 3.8) is 0 Å². The van der Waals surface area contributed by atoms with Crippen molar-refractivity contribution in [1.29, 1.82) is 0 Å². The number of rotatable bonds is 8. The Morgan fingerprint density at radius 2 is 1.62 bits per heavy atom. The van der Waals surface area contributed by atoms with Crippen molar-refractivity contribution in [3.8, 4) is 5.75 Å². The third kappa shape index (κ3) is 5.78. The lowest BCUT2D eigenvalue weighted by atomic mass is 10.0. The first-order valence-corrected chi connectivity index (χ1v) is 9.68. The van der Waals surface area contributed by atoms with Gasteiger partial charge in [-0.25, -0.2) is 9.79 Å². The molecule has 1 amide bonds. The Morgan fingerprint density at radius 3 is 2.12 bits per heavy atom. The van der Waals surface area contributed by atoms with E-state index in [-0.39, 0.29) is 22.6 Å². The van der Waals surface area contributed by atoms with Crippen molar-refractivity contribution in [2.75, 3.05) is 6.61 Å². The first-order valence-electron chi connectivity index (χ1n) is 9.68. The summed E-state index contributed by atoms with van der Waals surface area (Å²) in [4.78, 5) is 27.8. The number of nitrogens with two attached hydrogens (primary N) is 1. The topological polar surface area (TPSA) is 95.9 Å². The molecule has 7 nitrogen and oxygen atoms in total. The van der Waals surface area contributed by atoms with Gasteiger partial charge in [-0.05, 0) is 6.92 Å². The molecule has 0 radical (unpaired) electrons. The van der Waals surface area contributed by atoms with Crippen LogP contribution < -0.4 is 16.0 Å². The summed E-state index contributed by atoms with van der Waals surface area (Å²) in [6, 6.07) is 19.7. The van der Waals surface area contributed by atoms with E-state index in [4.69, 9.17) is 15.2 Å². The second kappa shape index (κ2) is 10.3. The number of carbonyl (C=O) groups is 1. The molecule has 1 atom stereocenters. The Morgan fingerprint density at radius 1 is 1.06 bits per heavy atom. The smallest absolute Gasteiger partial charge is 0.404 e. The Balaban J connectivity index is 2.06.